The van der Waals surface area contributed by atoms with E-state index < -0.39 is 5.91 Å². The summed E-state index contributed by atoms with van der Waals surface area (Å²) < 4.78 is 0. The minimum atomic E-state index is -0.409. The second-order valence-electron chi connectivity index (χ2n) is 6.57. The lowest BCUT2D eigenvalue weighted by Gasteiger charge is -2.27. The van der Waals surface area contributed by atoms with Crippen molar-refractivity contribution >= 4 is 35.0 Å². The van der Waals surface area contributed by atoms with E-state index in [-0.39, 0.29) is 37.1 Å². The van der Waals surface area contributed by atoms with E-state index >= 15 is 0 Å². The number of hydrogen-bond acceptors (Lipinski definition) is 4. The average molecular weight is 404 g/mol. The molecule has 30 heavy (non-hydrogen) atoms. The summed E-state index contributed by atoms with van der Waals surface area (Å²) >= 11 is 0. The normalized spacial score (nSPS) is 13.3. The monoisotopic (exact) mass is 404 g/mol. The lowest BCUT2D eigenvalue weighted by atomic mass is 10.1. The highest BCUT2D eigenvalue weighted by atomic mass is 16.2. The van der Waals surface area contributed by atoms with E-state index in [1.165, 1.54) is 29.1 Å². The number of nitrogens with one attached hydrogen (secondary N) is 2. The van der Waals surface area contributed by atoms with Gasteiger partial charge in [-0.15, -0.1) is 6.42 Å². The highest BCUT2D eigenvalue weighted by Crippen LogP contribution is 2.22. The quantitative estimate of drug-likeness (QED) is 0.732. The summed E-state index contributed by atoms with van der Waals surface area (Å²) in [6, 6.07) is 13.0. The maximum absolute atomic E-state index is 13.1. The number of carbonyl (C=O) groups excluding carboxylic acids is 4. The Kier molecular flexibility index (Phi) is 6.13. The molecule has 0 spiro atoms. The molecule has 0 unspecified atom stereocenters. The first-order chi connectivity index (χ1) is 14.4. The molecule has 1 aliphatic heterocycles. The van der Waals surface area contributed by atoms with Crippen LogP contribution in [0.1, 0.15) is 28.8 Å². The van der Waals surface area contributed by atoms with E-state index in [0.717, 1.165) is 0 Å². The summed E-state index contributed by atoms with van der Waals surface area (Å²) in [6.45, 7) is -0.189. The van der Waals surface area contributed by atoms with Crippen molar-refractivity contribution in [1.82, 2.24) is 10.7 Å². The van der Waals surface area contributed by atoms with Gasteiger partial charge in [-0.3, -0.25) is 29.5 Å². The van der Waals surface area contributed by atoms with Crippen molar-refractivity contribution in [2.45, 2.75) is 12.8 Å². The van der Waals surface area contributed by atoms with Gasteiger partial charge < -0.3 is 5.32 Å². The van der Waals surface area contributed by atoms with Crippen LogP contribution in [0, 0.1) is 12.3 Å². The predicted molar refractivity (Wildman–Crippen MR) is 111 cm³/mol. The van der Waals surface area contributed by atoms with Crippen molar-refractivity contribution < 1.29 is 19.2 Å². The van der Waals surface area contributed by atoms with E-state index in [1.807, 2.05) is 0 Å². The van der Waals surface area contributed by atoms with Gasteiger partial charge in [-0.05, 0) is 42.5 Å². The summed E-state index contributed by atoms with van der Waals surface area (Å²) in [4.78, 5) is 50.1. The first-order valence-electron chi connectivity index (χ1n) is 9.24. The molecule has 2 N–H and O–H groups in total. The molecule has 1 saturated heterocycles. The second-order valence-corrected chi connectivity index (χ2v) is 6.57. The number of likely N-dealkylation sites (N-methyl/N-ethyl adjacent to an activating group) is 1. The fourth-order valence-electron chi connectivity index (χ4n) is 2.96. The van der Waals surface area contributed by atoms with Crippen molar-refractivity contribution in [3.63, 3.8) is 0 Å². The maximum atomic E-state index is 13.1. The third-order valence-corrected chi connectivity index (χ3v) is 4.57. The van der Waals surface area contributed by atoms with Crippen LogP contribution in [0.5, 0.6) is 0 Å². The van der Waals surface area contributed by atoms with Gasteiger partial charge in [-0.2, -0.15) is 0 Å². The molecule has 0 aliphatic carbocycles. The van der Waals surface area contributed by atoms with Gasteiger partial charge in [0.15, 0.2) is 0 Å². The van der Waals surface area contributed by atoms with Crippen molar-refractivity contribution in [3.05, 3.63) is 59.7 Å². The number of nitrogens with zero attached hydrogens (tertiary/aromatic N) is 2. The molecule has 2 aromatic rings. The van der Waals surface area contributed by atoms with Crippen LogP contribution in [0.2, 0.25) is 0 Å². The maximum Gasteiger partial charge on any atom is 0.258 e. The Hall–Kier alpha value is -4.12. The van der Waals surface area contributed by atoms with Gasteiger partial charge >= 0.3 is 0 Å². The molecule has 0 radical (unpaired) electrons. The van der Waals surface area contributed by atoms with E-state index in [4.69, 9.17) is 6.42 Å². The lowest BCUT2D eigenvalue weighted by molar-refractivity contribution is -0.130. The molecule has 1 aliphatic rings. The van der Waals surface area contributed by atoms with Crippen molar-refractivity contribution in [3.8, 4) is 12.3 Å². The molecular formula is C22H20N4O4. The molecule has 8 heteroatoms. The number of hydrazine groups is 1. The number of terminal acetylenes is 1. The van der Waals surface area contributed by atoms with Gasteiger partial charge in [0, 0.05) is 36.7 Å². The zero-order valence-electron chi connectivity index (χ0n) is 16.3. The fraction of sp³-hybridized carbons (Fsp3) is 0.182. The van der Waals surface area contributed by atoms with Gasteiger partial charge in [0.05, 0.1) is 5.69 Å². The standard InChI is InChI=1S/C22H20N4O4/c1-3-15-5-4-6-18(13-15)25(14-20(28)23-2)22(30)16-7-9-17(10-8-16)26-21(29)12-11-19(27)24-26/h1,4-10,13H,11-12,14H2,2H3,(H,23,28)(H,24,27). The Bertz CT molecular complexity index is 1040. The Morgan fingerprint density at radius 3 is 2.57 bits per heavy atom. The summed E-state index contributed by atoms with van der Waals surface area (Å²) in [5.41, 5.74) is 4.32. The Balaban J connectivity index is 1.88. The zero-order chi connectivity index (χ0) is 21.7. The molecule has 3 rings (SSSR count). The number of carbonyl (C=O) groups is 4. The Labute approximate surface area is 173 Å². The Morgan fingerprint density at radius 1 is 1.17 bits per heavy atom. The first kappa shape index (κ1) is 20.6. The number of rotatable bonds is 5. The largest absolute Gasteiger partial charge is 0.358 e. The van der Waals surface area contributed by atoms with E-state index in [2.05, 4.69) is 16.7 Å². The molecule has 152 valence electrons. The third kappa shape index (κ3) is 4.47. The first-order valence-corrected chi connectivity index (χ1v) is 9.24. The van der Waals surface area contributed by atoms with Gasteiger partial charge in [-0.1, -0.05) is 12.0 Å². The number of amides is 4. The topological polar surface area (TPSA) is 98.8 Å². The van der Waals surface area contributed by atoms with Crippen LogP contribution in [-0.4, -0.2) is 37.2 Å². The SMILES string of the molecule is C#Cc1cccc(N(CC(=O)NC)C(=O)c2ccc(N3NC(=O)CCC3=O)cc2)c1. The average Bonchev–Trinajstić information content (AvgIpc) is 2.78. The second kappa shape index (κ2) is 8.92. The van der Waals surface area contributed by atoms with Crippen LogP contribution in [0.25, 0.3) is 0 Å². The summed E-state index contributed by atoms with van der Waals surface area (Å²) in [5, 5.41) is 3.67. The van der Waals surface area contributed by atoms with Crippen LogP contribution >= 0.6 is 0 Å². The molecule has 0 saturated carbocycles. The molecule has 0 atom stereocenters. The van der Waals surface area contributed by atoms with Gasteiger partial charge in [0.25, 0.3) is 5.91 Å². The summed E-state index contributed by atoms with van der Waals surface area (Å²) in [6.07, 6.45) is 5.72. The fourth-order valence-corrected chi connectivity index (χ4v) is 2.96. The molecule has 4 amide bonds. The lowest BCUT2D eigenvalue weighted by Crippen LogP contribution is -2.50. The number of benzene rings is 2. The van der Waals surface area contributed by atoms with Crippen molar-refractivity contribution in [2.24, 2.45) is 0 Å². The predicted octanol–water partition coefficient (Wildman–Crippen LogP) is 1.22. The van der Waals surface area contributed by atoms with Crippen LogP contribution in [0.15, 0.2) is 48.5 Å². The van der Waals surface area contributed by atoms with E-state index in [1.54, 1.807) is 36.4 Å². The minimum Gasteiger partial charge on any atom is -0.358 e. The van der Waals surface area contributed by atoms with E-state index in [9.17, 15) is 19.2 Å². The molecule has 0 aromatic heterocycles. The molecule has 8 nitrogen and oxygen atoms in total. The summed E-state index contributed by atoms with van der Waals surface area (Å²) in [7, 11) is 1.49. The minimum absolute atomic E-state index is 0.123. The molecule has 1 fully saturated rings. The van der Waals surface area contributed by atoms with E-state index in [0.29, 0.717) is 22.5 Å². The van der Waals surface area contributed by atoms with Gasteiger partial charge in [0.1, 0.15) is 6.54 Å². The number of hydrogen-bond donors (Lipinski definition) is 2. The van der Waals surface area contributed by atoms with Crippen LogP contribution in [-0.2, 0) is 14.4 Å². The molecule has 2 aromatic carbocycles. The van der Waals surface area contributed by atoms with Gasteiger partial charge in [-0.25, -0.2) is 5.01 Å². The van der Waals surface area contributed by atoms with Crippen LogP contribution < -0.4 is 20.7 Å². The molecule has 0 bridgehead atoms. The summed E-state index contributed by atoms with van der Waals surface area (Å²) in [5.74, 6) is 1.28. The number of anilines is 2. The molecular weight excluding hydrogens is 384 g/mol. The van der Waals surface area contributed by atoms with Crippen LogP contribution in [0.4, 0.5) is 11.4 Å². The highest BCUT2D eigenvalue weighted by Gasteiger charge is 2.25. The Morgan fingerprint density at radius 2 is 1.90 bits per heavy atom. The van der Waals surface area contributed by atoms with Crippen LogP contribution in [0.3, 0.4) is 0 Å². The highest BCUT2D eigenvalue weighted by molar-refractivity contribution is 6.09. The smallest absolute Gasteiger partial charge is 0.258 e. The van der Waals surface area contributed by atoms with Crippen molar-refractivity contribution in [1.29, 1.82) is 0 Å². The zero-order valence-corrected chi connectivity index (χ0v) is 16.3. The third-order valence-electron chi connectivity index (χ3n) is 4.57. The van der Waals surface area contributed by atoms with Gasteiger partial charge in [0.2, 0.25) is 17.7 Å². The van der Waals surface area contributed by atoms with Crippen molar-refractivity contribution in [2.75, 3.05) is 23.5 Å². The molecule has 1 heterocycles.